The van der Waals surface area contributed by atoms with E-state index < -0.39 is 0 Å². The summed E-state index contributed by atoms with van der Waals surface area (Å²) in [5.41, 5.74) is 2.76. The van der Waals surface area contributed by atoms with Crippen molar-refractivity contribution >= 4 is 11.6 Å². The Balaban J connectivity index is 2.36. The van der Waals surface area contributed by atoms with Gasteiger partial charge in [-0.3, -0.25) is 4.98 Å². The highest BCUT2D eigenvalue weighted by Gasteiger charge is 2.27. The van der Waals surface area contributed by atoms with E-state index in [-0.39, 0.29) is 5.41 Å². The van der Waals surface area contributed by atoms with Crippen LogP contribution in [0.4, 0.5) is 0 Å². The molecule has 0 aromatic carbocycles. The van der Waals surface area contributed by atoms with Crippen LogP contribution in [0, 0.1) is 0 Å². The molecule has 2 heterocycles. The number of dihydropyridines is 1. The lowest BCUT2D eigenvalue weighted by molar-refractivity contribution is 0.564. The van der Waals surface area contributed by atoms with Crippen LogP contribution in [0.5, 0.6) is 0 Å². The fourth-order valence-electron chi connectivity index (χ4n) is 1.76. The van der Waals surface area contributed by atoms with Gasteiger partial charge in [0.2, 0.25) is 0 Å². The molecule has 1 aromatic rings. The first-order chi connectivity index (χ1) is 8.00. The molecule has 88 valence electrons. The van der Waals surface area contributed by atoms with Gasteiger partial charge < -0.3 is 5.32 Å². The van der Waals surface area contributed by atoms with E-state index in [1.165, 1.54) is 0 Å². The van der Waals surface area contributed by atoms with Crippen LogP contribution in [0.2, 0.25) is 5.02 Å². The van der Waals surface area contributed by atoms with Crippen LogP contribution < -0.4 is 5.32 Å². The van der Waals surface area contributed by atoms with Crippen LogP contribution in [0.25, 0.3) is 0 Å². The van der Waals surface area contributed by atoms with E-state index in [2.05, 4.69) is 30.7 Å². The quantitative estimate of drug-likeness (QED) is 0.863. The maximum Gasteiger partial charge on any atom is 0.0589 e. The Labute approximate surface area is 107 Å². The Bertz CT molecular complexity index is 495. The lowest BCUT2D eigenvalue weighted by Crippen LogP contribution is -2.31. The van der Waals surface area contributed by atoms with E-state index in [1.54, 1.807) is 6.20 Å². The van der Waals surface area contributed by atoms with Crippen LogP contribution in [0.1, 0.15) is 19.5 Å². The number of hydrogen-bond donors (Lipinski definition) is 1. The number of pyridine rings is 1. The maximum absolute atomic E-state index is 5.85. The van der Waals surface area contributed by atoms with Gasteiger partial charge >= 0.3 is 0 Å². The summed E-state index contributed by atoms with van der Waals surface area (Å²) in [7, 11) is 0. The van der Waals surface area contributed by atoms with Gasteiger partial charge in [-0.25, -0.2) is 0 Å². The first-order valence-corrected chi connectivity index (χ1v) is 5.85. The molecule has 1 aromatic heterocycles. The lowest BCUT2D eigenvalue weighted by atomic mass is 9.83. The smallest absolute Gasteiger partial charge is 0.0589 e. The van der Waals surface area contributed by atoms with E-state index in [0.717, 1.165) is 17.1 Å². The average molecular weight is 247 g/mol. The molecule has 0 saturated carbocycles. The summed E-state index contributed by atoms with van der Waals surface area (Å²) < 4.78 is 0. The second-order valence-electron chi connectivity index (χ2n) is 4.58. The van der Waals surface area contributed by atoms with E-state index in [0.29, 0.717) is 5.02 Å². The molecule has 0 radical (unpaired) electrons. The molecule has 2 nitrogen and oxygen atoms in total. The van der Waals surface area contributed by atoms with Gasteiger partial charge in [-0.1, -0.05) is 24.3 Å². The minimum Gasteiger partial charge on any atom is -0.359 e. The third-order valence-electron chi connectivity index (χ3n) is 2.90. The highest BCUT2D eigenvalue weighted by molar-refractivity contribution is 6.30. The van der Waals surface area contributed by atoms with Crippen molar-refractivity contribution in [2.75, 3.05) is 0 Å². The zero-order valence-corrected chi connectivity index (χ0v) is 10.8. The Morgan fingerprint density at radius 3 is 2.71 bits per heavy atom. The van der Waals surface area contributed by atoms with Crippen molar-refractivity contribution in [3.63, 3.8) is 0 Å². The van der Waals surface area contributed by atoms with Gasteiger partial charge in [0.05, 0.1) is 10.7 Å². The Hall–Kier alpha value is -1.54. The largest absolute Gasteiger partial charge is 0.359 e. The van der Waals surface area contributed by atoms with Crippen molar-refractivity contribution in [1.82, 2.24) is 10.3 Å². The summed E-state index contributed by atoms with van der Waals surface area (Å²) in [6.45, 7) is 8.14. The number of nitrogens with zero attached hydrogens (tertiary/aromatic N) is 1. The summed E-state index contributed by atoms with van der Waals surface area (Å²) in [6.07, 6.45) is 7.65. The predicted octanol–water partition coefficient (Wildman–Crippen LogP) is 3.57. The Morgan fingerprint density at radius 1 is 1.35 bits per heavy atom. The maximum atomic E-state index is 5.85. The van der Waals surface area contributed by atoms with Crippen LogP contribution in [0.15, 0.2) is 54.5 Å². The topological polar surface area (TPSA) is 24.9 Å². The third-order valence-corrected chi connectivity index (χ3v) is 3.12. The molecule has 1 aliphatic rings. The van der Waals surface area contributed by atoms with Gasteiger partial charge in [-0.05, 0) is 38.1 Å². The van der Waals surface area contributed by atoms with Gasteiger partial charge in [0.15, 0.2) is 0 Å². The van der Waals surface area contributed by atoms with Gasteiger partial charge in [-0.2, -0.15) is 0 Å². The van der Waals surface area contributed by atoms with Crippen LogP contribution in [-0.4, -0.2) is 4.98 Å². The van der Waals surface area contributed by atoms with Crippen molar-refractivity contribution in [3.8, 4) is 0 Å². The number of nitrogens with one attached hydrogen (secondary N) is 1. The summed E-state index contributed by atoms with van der Waals surface area (Å²) >= 11 is 5.85. The second-order valence-corrected chi connectivity index (χ2v) is 5.01. The van der Waals surface area contributed by atoms with Crippen molar-refractivity contribution in [1.29, 1.82) is 0 Å². The molecule has 1 N–H and O–H groups in total. The van der Waals surface area contributed by atoms with Crippen molar-refractivity contribution < 1.29 is 0 Å². The average Bonchev–Trinajstić information content (AvgIpc) is 2.29. The van der Waals surface area contributed by atoms with Gasteiger partial charge in [0, 0.05) is 23.0 Å². The first-order valence-electron chi connectivity index (χ1n) is 5.47. The van der Waals surface area contributed by atoms with E-state index in [1.807, 2.05) is 30.4 Å². The van der Waals surface area contributed by atoms with E-state index in [4.69, 9.17) is 11.6 Å². The number of hydrogen-bond acceptors (Lipinski definition) is 2. The normalized spacial score (nSPS) is 15.5. The third kappa shape index (κ3) is 2.42. The first kappa shape index (κ1) is 11.9. The molecule has 1 aliphatic heterocycles. The summed E-state index contributed by atoms with van der Waals surface area (Å²) in [5, 5.41) is 3.93. The Kier molecular flexibility index (Phi) is 3.07. The number of allylic oxidation sites excluding steroid dienone is 4. The molecule has 17 heavy (non-hydrogen) atoms. The van der Waals surface area contributed by atoms with E-state index >= 15 is 0 Å². The SMILES string of the molecule is C=C1C=CC=C(C(C)(C)c2ccc(Cl)cn2)N1. The molecule has 0 spiro atoms. The zero-order valence-electron chi connectivity index (χ0n) is 10.00. The molecule has 3 heteroatoms. The molecule has 0 amide bonds. The van der Waals surface area contributed by atoms with E-state index in [9.17, 15) is 0 Å². The molecule has 0 aliphatic carbocycles. The molecule has 0 bridgehead atoms. The van der Waals surface area contributed by atoms with Crippen LogP contribution >= 0.6 is 11.6 Å². The predicted molar refractivity (Wildman–Crippen MR) is 71.8 cm³/mol. The molecule has 0 saturated heterocycles. The summed E-state index contributed by atoms with van der Waals surface area (Å²) in [6, 6.07) is 3.81. The minimum absolute atomic E-state index is 0.196. The van der Waals surface area contributed by atoms with Crippen LogP contribution in [0.3, 0.4) is 0 Å². The number of halogens is 1. The number of aromatic nitrogens is 1. The van der Waals surface area contributed by atoms with Gasteiger partial charge in [-0.15, -0.1) is 0 Å². The molecular formula is C14H15ClN2. The van der Waals surface area contributed by atoms with Gasteiger partial charge in [0.25, 0.3) is 0 Å². The van der Waals surface area contributed by atoms with Gasteiger partial charge in [0.1, 0.15) is 0 Å². The second kappa shape index (κ2) is 4.38. The van der Waals surface area contributed by atoms with Crippen molar-refractivity contribution in [3.05, 3.63) is 65.2 Å². The summed E-state index contributed by atoms with van der Waals surface area (Å²) in [4.78, 5) is 4.38. The molecular weight excluding hydrogens is 232 g/mol. The highest BCUT2D eigenvalue weighted by Crippen LogP contribution is 2.30. The minimum atomic E-state index is -0.196. The Morgan fingerprint density at radius 2 is 2.12 bits per heavy atom. The van der Waals surface area contributed by atoms with Crippen molar-refractivity contribution in [2.45, 2.75) is 19.3 Å². The fraction of sp³-hybridized carbons (Fsp3) is 0.214. The van der Waals surface area contributed by atoms with Crippen molar-refractivity contribution in [2.24, 2.45) is 0 Å². The molecule has 2 rings (SSSR count). The fourth-order valence-corrected chi connectivity index (χ4v) is 1.88. The summed E-state index contributed by atoms with van der Waals surface area (Å²) in [5.74, 6) is 0. The molecule has 0 fully saturated rings. The highest BCUT2D eigenvalue weighted by atomic mass is 35.5. The zero-order chi connectivity index (χ0) is 12.5. The molecule has 0 unspecified atom stereocenters. The van der Waals surface area contributed by atoms with Crippen LogP contribution in [-0.2, 0) is 5.41 Å². The number of rotatable bonds is 2. The lowest BCUT2D eigenvalue weighted by Gasteiger charge is -2.30. The standard InChI is InChI=1S/C14H15ClN2/c1-10-5-4-6-13(17-10)14(2,3)12-8-7-11(15)9-16-12/h4-9,17H,1H2,2-3H3. The molecule has 0 atom stereocenters. The monoisotopic (exact) mass is 246 g/mol.